The zero-order valence-corrected chi connectivity index (χ0v) is 39.5. The minimum atomic E-state index is -5.62. The standard InChI is InChI=1S/C22H24N4O3S.C20H24N4O3S.C4F6O3/c1-14-24-19(26-29-14)16-11-17(16)20(27)23-13-22(7-9-28-10-8-22)21-25-18(12-30-21)15-5-3-2-4-6-15;21-17(24-26)14-10-15(14)18(25)22-12-20(6-8-27-9-7-20)19-23-16(11-28-19)13-4-2-1-3-5-13;5-3(6,7)1(11)13-2(12)4(8,9)10/h2-6,12,16-17H,7-11,13H2,1H3,(H,23,27);1-5,11,14-15,26H,6-10,12H2,(H2,21,24)(H,22,25);. The van der Waals surface area contributed by atoms with Gasteiger partial charge in [0.1, 0.15) is 15.9 Å². The van der Waals surface area contributed by atoms with Crippen molar-refractivity contribution in [1.29, 1.82) is 0 Å². The summed E-state index contributed by atoms with van der Waals surface area (Å²) in [6, 6.07) is 20.3. The Hall–Kier alpha value is -6.31. The van der Waals surface area contributed by atoms with E-state index in [-0.39, 0.29) is 52.2 Å². The van der Waals surface area contributed by atoms with Gasteiger partial charge in [0.2, 0.25) is 17.7 Å². The van der Waals surface area contributed by atoms with Gasteiger partial charge in [-0.2, -0.15) is 31.3 Å². The van der Waals surface area contributed by atoms with Gasteiger partial charge in [-0.05, 0) is 38.5 Å². The summed E-state index contributed by atoms with van der Waals surface area (Å²) >= 11 is 3.32. The molecule has 0 bridgehead atoms. The molecule has 17 nitrogen and oxygen atoms in total. The predicted octanol–water partition coefficient (Wildman–Crippen LogP) is 7.01. The highest BCUT2D eigenvalue weighted by atomic mass is 32.1. The first kappa shape index (κ1) is 52.5. The number of amides is 2. The van der Waals surface area contributed by atoms with E-state index in [9.17, 15) is 45.5 Å². The molecule has 5 aromatic rings. The number of ether oxygens (including phenoxy) is 3. The van der Waals surface area contributed by atoms with Gasteiger partial charge in [0.15, 0.2) is 5.82 Å². The van der Waals surface area contributed by atoms with Crippen LogP contribution in [0.4, 0.5) is 26.3 Å². The Morgan fingerprint density at radius 1 is 0.718 bits per heavy atom. The number of rotatable bonds is 12. The van der Waals surface area contributed by atoms with Crippen LogP contribution in [-0.4, -0.2) is 107 Å². The number of hydrogen-bond acceptors (Lipinski definition) is 16. The monoisotopic (exact) mass is 1030 g/mol. The molecule has 71 heavy (non-hydrogen) atoms. The van der Waals surface area contributed by atoms with E-state index in [1.165, 1.54) is 0 Å². The van der Waals surface area contributed by atoms with Crippen LogP contribution in [0.3, 0.4) is 0 Å². The van der Waals surface area contributed by atoms with Crippen molar-refractivity contribution in [3.8, 4) is 22.5 Å². The molecule has 0 radical (unpaired) electrons. The number of aryl methyl sites for hydroxylation is 1. The van der Waals surface area contributed by atoms with Gasteiger partial charge in [-0.3, -0.25) is 9.59 Å². The lowest BCUT2D eigenvalue weighted by molar-refractivity contribution is -0.221. The number of amidine groups is 1. The molecule has 4 unspecified atom stereocenters. The van der Waals surface area contributed by atoms with Crippen LogP contribution in [0.5, 0.6) is 0 Å². The number of aromatic nitrogens is 4. The fourth-order valence-electron chi connectivity index (χ4n) is 8.07. The molecule has 2 aromatic carbocycles. The van der Waals surface area contributed by atoms with E-state index in [4.69, 9.17) is 34.9 Å². The zero-order valence-electron chi connectivity index (χ0n) is 37.8. The molecule has 5 N–H and O–H groups in total. The second-order valence-corrected chi connectivity index (χ2v) is 19.0. The number of nitrogens with two attached hydrogens (primary N) is 1. The molecule has 5 heterocycles. The lowest BCUT2D eigenvalue weighted by Gasteiger charge is -2.35. The Morgan fingerprint density at radius 3 is 1.58 bits per heavy atom. The van der Waals surface area contributed by atoms with Crippen molar-refractivity contribution in [3.05, 3.63) is 93.2 Å². The van der Waals surface area contributed by atoms with Gasteiger partial charge in [0.05, 0.1) is 11.4 Å². The van der Waals surface area contributed by atoms with E-state index in [2.05, 4.69) is 65.7 Å². The molecule has 25 heteroatoms. The molecule has 2 saturated carbocycles. The first-order valence-electron chi connectivity index (χ1n) is 22.2. The van der Waals surface area contributed by atoms with Crippen molar-refractivity contribution in [2.75, 3.05) is 39.5 Å². The molecule has 4 aliphatic rings. The van der Waals surface area contributed by atoms with E-state index in [1.807, 2.05) is 36.4 Å². The quantitative estimate of drug-likeness (QED) is 0.0187. The predicted molar refractivity (Wildman–Crippen MR) is 243 cm³/mol. The normalized spacial score (nSPS) is 21.3. The van der Waals surface area contributed by atoms with Crippen molar-refractivity contribution in [2.45, 2.75) is 74.5 Å². The van der Waals surface area contributed by atoms with Gasteiger partial charge in [-0.25, -0.2) is 19.6 Å². The topological polar surface area (TPSA) is 243 Å². The molecule has 2 aliphatic carbocycles. The summed E-state index contributed by atoms with van der Waals surface area (Å²) in [5, 5.41) is 28.3. The third-order valence-corrected chi connectivity index (χ3v) is 14.6. The molecule has 380 valence electrons. The van der Waals surface area contributed by atoms with Crippen molar-refractivity contribution in [1.82, 2.24) is 30.7 Å². The maximum atomic E-state index is 12.8. The summed E-state index contributed by atoms with van der Waals surface area (Å²) in [5.41, 5.74) is 9.38. The molecule has 4 fully saturated rings. The minimum Gasteiger partial charge on any atom is -0.409 e. The summed E-state index contributed by atoms with van der Waals surface area (Å²) in [5.74, 6) is -5.43. The molecule has 9 rings (SSSR count). The SMILES string of the molecule is Cc1nc(C2CC2C(=O)NCC2(c3nc(-c4ccccc4)cs3)CCOCC2)no1.N/C(=N\O)C1CC1C(=O)NCC1(c2nc(-c3ccccc3)cs2)CCOCC1.O=C(OC(=O)C(F)(F)F)C(F)(F)F. The zero-order chi connectivity index (χ0) is 51.0. The van der Waals surface area contributed by atoms with Crippen molar-refractivity contribution in [3.63, 3.8) is 0 Å². The Kier molecular flexibility index (Phi) is 16.6. The molecular formula is C46H48F6N8O9S2. The number of benzene rings is 2. The van der Waals surface area contributed by atoms with Crippen LogP contribution in [0.2, 0.25) is 0 Å². The first-order valence-corrected chi connectivity index (χ1v) is 24.0. The van der Waals surface area contributed by atoms with Crippen molar-refractivity contribution < 1.29 is 69.5 Å². The number of nitrogens with zero attached hydrogens (tertiary/aromatic N) is 5. The average Bonchev–Trinajstić information content (AvgIpc) is 4.14. The summed E-state index contributed by atoms with van der Waals surface area (Å²) in [6.45, 7) is 5.55. The molecular weight excluding hydrogens is 987 g/mol. The maximum Gasteiger partial charge on any atom is 0.491 e. The molecule has 2 amide bonds. The second kappa shape index (κ2) is 22.4. The number of carbonyl (C=O) groups is 4. The van der Waals surface area contributed by atoms with E-state index in [0.717, 1.165) is 64.6 Å². The van der Waals surface area contributed by atoms with E-state index in [0.29, 0.717) is 57.7 Å². The third-order valence-electron chi connectivity index (χ3n) is 12.4. The highest BCUT2D eigenvalue weighted by Gasteiger charge is 2.50. The van der Waals surface area contributed by atoms with E-state index >= 15 is 0 Å². The number of hydrogen-bond donors (Lipinski definition) is 4. The number of alkyl halides is 6. The van der Waals surface area contributed by atoms with Crippen LogP contribution < -0.4 is 16.4 Å². The smallest absolute Gasteiger partial charge is 0.409 e. The highest BCUT2D eigenvalue weighted by molar-refractivity contribution is 7.10. The number of esters is 2. The fraction of sp³-hybridized carbons (Fsp3) is 0.457. The summed E-state index contributed by atoms with van der Waals surface area (Å²) in [4.78, 5) is 58.8. The van der Waals surface area contributed by atoms with Gasteiger partial charge in [-0.1, -0.05) is 71.0 Å². The van der Waals surface area contributed by atoms with Crippen LogP contribution in [0.25, 0.3) is 22.5 Å². The lowest BCUT2D eigenvalue weighted by Crippen LogP contribution is -2.45. The van der Waals surface area contributed by atoms with Crippen LogP contribution in [0.15, 0.2) is 81.1 Å². The summed E-state index contributed by atoms with van der Waals surface area (Å²) < 4.78 is 85.9. The van der Waals surface area contributed by atoms with Gasteiger partial charge in [0, 0.05) is 103 Å². The number of nitrogens with one attached hydrogen (secondary N) is 2. The fourth-order valence-corrected chi connectivity index (χ4v) is 10.2. The van der Waals surface area contributed by atoms with Crippen LogP contribution in [0.1, 0.15) is 66.2 Å². The number of halogens is 6. The maximum absolute atomic E-state index is 12.8. The van der Waals surface area contributed by atoms with E-state index < -0.39 is 24.3 Å². The van der Waals surface area contributed by atoms with Crippen molar-refractivity contribution in [2.24, 2.45) is 28.6 Å². The Labute approximate surface area is 409 Å². The van der Waals surface area contributed by atoms with Gasteiger partial charge in [0.25, 0.3) is 0 Å². The highest BCUT2D eigenvalue weighted by Crippen LogP contribution is 2.47. The molecule has 2 saturated heterocycles. The average molecular weight is 1040 g/mol. The van der Waals surface area contributed by atoms with Gasteiger partial charge >= 0.3 is 24.3 Å². The summed E-state index contributed by atoms with van der Waals surface area (Å²) in [7, 11) is 0. The summed E-state index contributed by atoms with van der Waals surface area (Å²) in [6.07, 6.45) is -6.49. The second-order valence-electron chi connectivity index (χ2n) is 17.3. The third kappa shape index (κ3) is 13.4. The number of carbonyl (C=O) groups excluding carboxylic acids is 4. The Bertz CT molecular complexity index is 2630. The lowest BCUT2D eigenvalue weighted by atomic mass is 9.80. The van der Waals surface area contributed by atoms with Crippen LogP contribution >= 0.6 is 22.7 Å². The van der Waals surface area contributed by atoms with Crippen molar-refractivity contribution >= 4 is 52.3 Å². The van der Waals surface area contributed by atoms with Gasteiger partial charge in [-0.15, -0.1) is 22.7 Å². The van der Waals surface area contributed by atoms with Gasteiger partial charge < -0.3 is 40.3 Å². The molecule has 4 atom stereocenters. The Morgan fingerprint density at radius 2 is 1.17 bits per heavy atom. The minimum absolute atomic E-state index is 0.0395. The van der Waals surface area contributed by atoms with Crippen LogP contribution in [0, 0.1) is 24.7 Å². The van der Waals surface area contributed by atoms with Crippen LogP contribution in [-0.2, 0) is 44.2 Å². The molecule has 3 aromatic heterocycles. The largest absolute Gasteiger partial charge is 0.491 e. The number of oxime groups is 1. The Balaban J connectivity index is 0.000000169. The molecule has 0 spiro atoms. The first-order chi connectivity index (χ1) is 33.8. The molecule has 2 aliphatic heterocycles. The number of thiazole rings is 2. The van der Waals surface area contributed by atoms with E-state index in [1.54, 1.807) is 29.6 Å².